The van der Waals surface area contributed by atoms with Crippen molar-refractivity contribution in [3.63, 3.8) is 0 Å². The first-order valence-corrected chi connectivity index (χ1v) is 9.03. The zero-order valence-corrected chi connectivity index (χ0v) is 13.0. The van der Waals surface area contributed by atoms with Gasteiger partial charge in [-0.05, 0) is 31.3 Å². The molecule has 0 radical (unpaired) electrons. The van der Waals surface area contributed by atoms with Crippen molar-refractivity contribution in [3.05, 3.63) is 41.8 Å². The molecule has 114 valence electrons. The highest BCUT2D eigenvalue weighted by Crippen LogP contribution is 2.71. The van der Waals surface area contributed by atoms with E-state index in [1.807, 2.05) is 7.05 Å². The SMILES string of the molecule is CNCCc1cc2c(c(-c3ccc(F)cc3)n1)OC[P+]21NO1. The first-order chi connectivity index (χ1) is 10.7. The number of rotatable bonds is 4. The standard InChI is InChI=1S/C15H16FN3O2P/c1-17-7-6-12-8-13-15(20-9-22(13)19-21-22)14(18-12)10-2-4-11(16)5-3-10/h2-5,8,17,19H,6-7,9H2,1H3/q+1. The highest BCUT2D eigenvalue weighted by Gasteiger charge is 2.67. The Kier molecular flexibility index (Phi) is 3.35. The number of hydrogen-bond donors (Lipinski definition) is 2. The normalized spacial score (nSPS) is 21.7. The van der Waals surface area contributed by atoms with E-state index in [9.17, 15) is 4.39 Å². The molecule has 2 aromatic rings. The van der Waals surface area contributed by atoms with Crippen LogP contribution >= 0.6 is 7.64 Å². The smallest absolute Gasteiger partial charge is 0.346 e. The summed E-state index contributed by atoms with van der Waals surface area (Å²) in [7, 11) is 0.158. The van der Waals surface area contributed by atoms with E-state index in [0.29, 0.717) is 6.35 Å². The second kappa shape index (κ2) is 5.25. The molecular weight excluding hydrogens is 304 g/mol. The predicted octanol–water partition coefficient (Wildman–Crippen LogP) is 2.01. The Balaban J connectivity index is 1.82. The topological polar surface area (TPSA) is 68.6 Å². The molecule has 1 spiro atoms. The third-order valence-electron chi connectivity index (χ3n) is 3.85. The van der Waals surface area contributed by atoms with E-state index in [2.05, 4.69) is 16.6 Å². The minimum absolute atomic E-state index is 0.260. The van der Waals surface area contributed by atoms with Crippen molar-refractivity contribution < 1.29 is 13.8 Å². The summed E-state index contributed by atoms with van der Waals surface area (Å²) in [6.07, 6.45) is 1.35. The first-order valence-electron chi connectivity index (χ1n) is 7.13. The van der Waals surface area contributed by atoms with E-state index >= 15 is 0 Å². The number of pyridine rings is 1. The lowest BCUT2D eigenvalue weighted by atomic mass is 10.1. The van der Waals surface area contributed by atoms with Crippen molar-refractivity contribution in [2.45, 2.75) is 6.42 Å². The number of hydrogen-bond acceptors (Lipinski definition) is 5. The Morgan fingerprint density at radius 2 is 2.14 bits per heavy atom. The summed E-state index contributed by atoms with van der Waals surface area (Å²) < 4.78 is 24.5. The predicted molar refractivity (Wildman–Crippen MR) is 83.5 cm³/mol. The summed E-state index contributed by atoms with van der Waals surface area (Å²) in [5.41, 5.74) is 2.60. The van der Waals surface area contributed by atoms with Crippen LogP contribution in [0, 0.1) is 5.82 Å². The third-order valence-corrected chi connectivity index (χ3v) is 6.07. The molecule has 1 saturated heterocycles. The average Bonchev–Trinajstić information content (AvgIpc) is 3.23. The van der Waals surface area contributed by atoms with Crippen LogP contribution in [0.25, 0.3) is 11.3 Å². The number of likely N-dealkylation sites (N-methyl/N-ethyl adjacent to an activating group) is 1. The molecule has 0 aliphatic carbocycles. The lowest BCUT2D eigenvalue weighted by molar-refractivity contribution is 0.395. The number of aromatic nitrogens is 1. The molecule has 1 aromatic carbocycles. The quantitative estimate of drug-likeness (QED) is 0.666. The summed E-state index contributed by atoms with van der Waals surface area (Å²) in [6, 6.07) is 8.41. The largest absolute Gasteiger partial charge is 0.448 e. The van der Waals surface area contributed by atoms with Gasteiger partial charge in [0.05, 0.1) is 0 Å². The van der Waals surface area contributed by atoms with Gasteiger partial charge in [0, 0.05) is 35.5 Å². The maximum Gasteiger partial charge on any atom is 0.346 e. The van der Waals surface area contributed by atoms with E-state index in [-0.39, 0.29) is 5.82 Å². The highest BCUT2D eigenvalue weighted by atomic mass is 31.2. The monoisotopic (exact) mass is 320 g/mol. The van der Waals surface area contributed by atoms with Gasteiger partial charge in [-0.3, -0.25) is 0 Å². The molecule has 0 saturated carbocycles. The molecule has 1 unspecified atom stereocenters. The van der Waals surface area contributed by atoms with Crippen molar-refractivity contribution >= 4 is 12.9 Å². The first kappa shape index (κ1) is 14.0. The molecule has 2 aliphatic rings. The van der Waals surface area contributed by atoms with Crippen LogP contribution in [0.5, 0.6) is 5.75 Å². The van der Waals surface area contributed by atoms with Gasteiger partial charge in [-0.15, -0.1) is 0 Å². The van der Waals surface area contributed by atoms with E-state index in [0.717, 1.165) is 41.0 Å². The molecule has 22 heavy (non-hydrogen) atoms. The van der Waals surface area contributed by atoms with Gasteiger partial charge in [0.15, 0.2) is 11.1 Å². The van der Waals surface area contributed by atoms with Crippen molar-refractivity contribution in [1.29, 1.82) is 0 Å². The summed E-state index contributed by atoms with van der Waals surface area (Å²) >= 11 is 0. The summed E-state index contributed by atoms with van der Waals surface area (Å²) in [5, 5.41) is 7.22. The third kappa shape index (κ3) is 2.29. The molecule has 1 atom stereocenters. The molecule has 1 fully saturated rings. The fourth-order valence-corrected chi connectivity index (χ4v) is 4.59. The summed E-state index contributed by atoms with van der Waals surface area (Å²) in [6.45, 7) is 0.842. The average molecular weight is 320 g/mol. The Labute approximate surface area is 128 Å². The second-order valence-electron chi connectivity index (χ2n) is 5.37. The molecule has 2 aliphatic heterocycles. The van der Waals surface area contributed by atoms with Crippen molar-refractivity contribution in [2.24, 2.45) is 0 Å². The summed E-state index contributed by atoms with van der Waals surface area (Å²) in [4.78, 5) is 4.72. The molecule has 4 rings (SSSR count). The number of nitrogens with one attached hydrogen (secondary N) is 2. The number of ether oxygens (including phenoxy) is 1. The molecule has 1 aromatic heterocycles. The Bertz CT molecular complexity index is 719. The van der Waals surface area contributed by atoms with Gasteiger partial charge in [0.25, 0.3) is 0 Å². The molecular formula is C15H16FN3O2P+. The number of fused-ring (bicyclic) bond motifs is 2. The van der Waals surface area contributed by atoms with Crippen LogP contribution < -0.4 is 20.6 Å². The van der Waals surface area contributed by atoms with Crippen LogP contribution in [-0.4, -0.2) is 24.9 Å². The van der Waals surface area contributed by atoms with E-state index in [1.54, 1.807) is 12.1 Å². The van der Waals surface area contributed by atoms with Gasteiger partial charge in [0.1, 0.15) is 11.5 Å². The Hall–Kier alpha value is -1.59. The van der Waals surface area contributed by atoms with Gasteiger partial charge < -0.3 is 10.1 Å². The molecule has 5 nitrogen and oxygen atoms in total. The maximum absolute atomic E-state index is 13.2. The van der Waals surface area contributed by atoms with Crippen LogP contribution in [-0.2, 0) is 11.0 Å². The fourth-order valence-electron chi connectivity index (χ4n) is 2.59. The van der Waals surface area contributed by atoms with Gasteiger partial charge in [-0.1, -0.05) is 4.62 Å². The fraction of sp³-hybridized carbons (Fsp3) is 0.267. The lowest BCUT2D eigenvalue weighted by Crippen LogP contribution is -2.13. The molecule has 7 heteroatoms. The molecule has 2 N–H and O–H groups in total. The molecule has 0 amide bonds. The zero-order chi connectivity index (χ0) is 15.2. The van der Waals surface area contributed by atoms with Crippen molar-refractivity contribution in [2.75, 3.05) is 19.9 Å². The van der Waals surface area contributed by atoms with Gasteiger partial charge >= 0.3 is 7.64 Å². The van der Waals surface area contributed by atoms with Crippen molar-refractivity contribution in [1.82, 2.24) is 15.6 Å². The number of halogens is 1. The van der Waals surface area contributed by atoms with E-state index in [4.69, 9.17) is 14.3 Å². The van der Waals surface area contributed by atoms with Crippen LogP contribution in [0.1, 0.15) is 5.69 Å². The van der Waals surface area contributed by atoms with Gasteiger partial charge in [-0.25, -0.2) is 9.37 Å². The van der Waals surface area contributed by atoms with Crippen LogP contribution in [0.3, 0.4) is 0 Å². The Morgan fingerprint density at radius 3 is 2.82 bits per heavy atom. The molecule has 3 heterocycles. The zero-order valence-electron chi connectivity index (χ0n) is 12.1. The van der Waals surface area contributed by atoms with Crippen LogP contribution in [0.15, 0.2) is 30.3 Å². The van der Waals surface area contributed by atoms with Crippen LogP contribution in [0.4, 0.5) is 4.39 Å². The summed E-state index contributed by atoms with van der Waals surface area (Å²) in [5.74, 6) is 0.502. The Morgan fingerprint density at radius 1 is 1.36 bits per heavy atom. The maximum atomic E-state index is 13.2. The minimum atomic E-state index is -1.76. The van der Waals surface area contributed by atoms with E-state index in [1.165, 1.54) is 12.1 Å². The van der Waals surface area contributed by atoms with Gasteiger partial charge in [-0.2, -0.15) is 0 Å². The van der Waals surface area contributed by atoms with Crippen LogP contribution in [0.2, 0.25) is 0 Å². The van der Waals surface area contributed by atoms with Crippen molar-refractivity contribution in [3.8, 4) is 17.0 Å². The molecule has 0 bridgehead atoms. The highest BCUT2D eigenvalue weighted by molar-refractivity contribution is 7.81. The lowest BCUT2D eigenvalue weighted by Gasteiger charge is -2.08. The minimum Gasteiger partial charge on any atom is -0.448 e. The van der Waals surface area contributed by atoms with E-state index < -0.39 is 7.64 Å². The second-order valence-corrected chi connectivity index (χ2v) is 7.95. The number of benzene rings is 1. The van der Waals surface area contributed by atoms with Gasteiger partial charge in [0.2, 0.25) is 6.35 Å². The number of nitrogens with zero attached hydrogens (tertiary/aromatic N) is 1.